The van der Waals surface area contributed by atoms with E-state index >= 15 is 0 Å². The number of aryl methyl sites for hydroxylation is 2. The van der Waals surface area contributed by atoms with Crippen molar-refractivity contribution >= 4 is 17.7 Å². The Kier molecular flexibility index (Phi) is 4.28. The van der Waals surface area contributed by atoms with Gasteiger partial charge in [0.1, 0.15) is 11.4 Å². The van der Waals surface area contributed by atoms with Crippen LogP contribution in [0.2, 0.25) is 0 Å². The number of nitrogens with one attached hydrogen (secondary N) is 1. The Hall–Kier alpha value is -3.74. The lowest BCUT2D eigenvalue weighted by Gasteiger charge is -2.22. The molecule has 0 saturated carbocycles. The first-order chi connectivity index (χ1) is 14.9. The molecule has 0 bridgehead atoms. The van der Waals surface area contributed by atoms with E-state index in [0.29, 0.717) is 17.8 Å². The molecule has 31 heavy (non-hydrogen) atoms. The van der Waals surface area contributed by atoms with E-state index in [9.17, 15) is 14.4 Å². The Bertz CT molecular complexity index is 1230. The maximum Gasteiger partial charge on any atom is 0.325 e. The summed E-state index contributed by atoms with van der Waals surface area (Å²) in [5.74, 6) is 0.0875. The van der Waals surface area contributed by atoms with Gasteiger partial charge in [-0.05, 0) is 56.0 Å². The van der Waals surface area contributed by atoms with Crippen LogP contribution in [0.15, 0.2) is 54.7 Å². The van der Waals surface area contributed by atoms with Gasteiger partial charge in [0.2, 0.25) is 0 Å². The van der Waals surface area contributed by atoms with E-state index in [-0.39, 0.29) is 18.2 Å². The number of amides is 3. The van der Waals surface area contributed by atoms with Crippen molar-refractivity contribution in [2.24, 2.45) is 0 Å². The Labute approximate surface area is 179 Å². The van der Waals surface area contributed by atoms with Crippen LogP contribution >= 0.6 is 0 Å². The number of aromatic nitrogens is 2. The second kappa shape index (κ2) is 6.91. The molecule has 7 nitrogen and oxygen atoms in total. The smallest absolute Gasteiger partial charge is 0.319 e. The molecule has 3 amide bonds. The summed E-state index contributed by atoms with van der Waals surface area (Å²) >= 11 is 0. The van der Waals surface area contributed by atoms with Crippen molar-refractivity contribution in [1.82, 2.24) is 19.8 Å². The molecule has 7 heteroatoms. The van der Waals surface area contributed by atoms with Gasteiger partial charge in [-0.15, -0.1) is 0 Å². The molecule has 2 aliphatic rings. The van der Waals surface area contributed by atoms with Gasteiger partial charge in [-0.3, -0.25) is 14.5 Å². The average molecular weight is 414 g/mol. The van der Waals surface area contributed by atoms with Crippen LogP contribution in [-0.4, -0.2) is 38.7 Å². The molecule has 0 unspecified atom stereocenters. The van der Waals surface area contributed by atoms with Gasteiger partial charge >= 0.3 is 6.03 Å². The van der Waals surface area contributed by atoms with Crippen molar-refractivity contribution < 1.29 is 14.4 Å². The molecule has 5 rings (SSSR count). The van der Waals surface area contributed by atoms with Crippen LogP contribution in [-0.2, 0) is 16.8 Å². The van der Waals surface area contributed by atoms with Gasteiger partial charge in [-0.2, -0.15) is 0 Å². The zero-order chi connectivity index (χ0) is 21.8. The number of pyridine rings is 1. The molecule has 0 radical (unpaired) electrons. The highest BCUT2D eigenvalue weighted by Crippen LogP contribution is 2.41. The van der Waals surface area contributed by atoms with E-state index in [1.165, 1.54) is 0 Å². The predicted molar refractivity (Wildman–Crippen MR) is 114 cm³/mol. The van der Waals surface area contributed by atoms with Crippen LogP contribution < -0.4 is 5.32 Å². The summed E-state index contributed by atoms with van der Waals surface area (Å²) in [6, 6.07) is 14.5. The van der Waals surface area contributed by atoms with Gasteiger partial charge in [0.05, 0.1) is 6.54 Å². The third kappa shape index (κ3) is 2.80. The molecule has 1 fully saturated rings. The van der Waals surface area contributed by atoms with E-state index in [1.807, 2.05) is 60.9 Å². The fraction of sp³-hybridized carbons (Fsp3) is 0.250. The Morgan fingerprint density at radius 3 is 2.68 bits per heavy atom. The molecule has 3 heterocycles. The first-order valence-corrected chi connectivity index (χ1v) is 10.3. The summed E-state index contributed by atoms with van der Waals surface area (Å²) < 4.78 is 1.90. The minimum atomic E-state index is -1.06. The first-order valence-electron chi connectivity index (χ1n) is 10.3. The standard InChI is InChI=1S/C24H22N4O3/c1-15-13-18(16(2)28(15)21-9-5-6-12-25-21)20(29)14-27-22(30)24(26-23(27)31)11-10-17-7-3-4-8-19(17)24/h3-9,12-13H,10-11,14H2,1-2H3,(H,26,31)/t24-/m0/s1. The lowest BCUT2D eigenvalue weighted by Crippen LogP contribution is -2.42. The lowest BCUT2D eigenvalue weighted by atomic mass is 9.92. The predicted octanol–water partition coefficient (Wildman–Crippen LogP) is 3.07. The minimum absolute atomic E-state index is 0.276. The van der Waals surface area contributed by atoms with E-state index < -0.39 is 11.6 Å². The molecule has 1 atom stereocenters. The molecule has 1 saturated heterocycles. The Balaban J connectivity index is 1.43. The second-order valence-electron chi connectivity index (χ2n) is 8.12. The molecule has 1 aromatic carbocycles. The number of rotatable bonds is 4. The topological polar surface area (TPSA) is 84.3 Å². The Morgan fingerprint density at radius 2 is 1.90 bits per heavy atom. The third-order valence-electron chi connectivity index (χ3n) is 6.33. The van der Waals surface area contributed by atoms with E-state index in [4.69, 9.17) is 0 Å². The number of carbonyl (C=O) groups is 3. The molecule has 1 aliphatic carbocycles. The SMILES string of the molecule is Cc1cc(C(=O)CN2C(=O)N[C@]3(CCc4ccccc43)C2=O)c(C)n1-c1ccccn1. The van der Waals surface area contributed by atoms with Gasteiger partial charge in [-0.25, -0.2) is 9.78 Å². The monoisotopic (exact) mass is 414 g/mol. The van der Waals surface area contributed by atoms with Gasteiger partial charge in [0.25, 0.3) is 5.91 Å². The summed E-state index contributed by atoms with van der Waals surface area (Å²) in [5.41, 5.74) is 2.90. The molecule has 2 aromatic heterocycles. The summed E-state index contributed by atoms with van der Waals surface area (Å²) in [5, 5.41) is 2.87. The first kappa shape index (κ1) is 19.2. The van der Waals surface area contributed by atoms with Crippen LogP contribution in [0.1, 0.15) is 39.3 Å². The quantitative estimate of drug-likeness (QED) is 0.525. The van der Waals surface area contributed by atoms with E-state index in [2.05, 4.69) is 10.3 Å². The molecule has 1 N–H and O–H groups in total. The van der Waals surface area contributed by atoms with Gasteiger partial charge in [-0.1, -0.05) is 30.3 Å². The molecule has 1 aliphatic heterocycles. The summed E-state index contributed by atoms with van der Waals surface area (Å²) in [4.78, 5) is 44.6. The fourth-order valence-electron chi connectivity index (χ4n) is 4.85. The number of urea groups is 1. The number of benzene rings is 1. The van der Waals surface area contributed by atoms with E-state index in [1.54, 1.807) is 12.3 Å². The number of hydrogen-bond donors (Lipinski definition) is 1. The van der Waals surface area contributed by atoms with Gasteiger partial charge in [0.15, 0.2) is 5.78 Å². The third-order valence-corrected chi connectivity index (χ3v) is 6.33. The number of carbonyl (C=O) groups excluding carboxylic acids is 3. The zero-order valence-corrected chi connectivity index (χ0v) is 17.4. The minimum Gasteiger partial charge on any atom is -0.319 e. The van der Waals surface area contributed by atoms with Crippen molar-refractivity contribution in [3.63, 3.8) is 0 Å². The van der Waals surface area contributed by atoms with Crippen LogP contribution in [0.25, 0.3) is 5.82 Å². The Morgan fingerprint density at radius 1 is 1.13 bits per heavy atom. The molecule has 3 aromatic rings. The maximum absolute atomic E-state index is 13.3. The highest BCUT2D eigenvalue weighted by atomic mass is 16.2. The van der Waals surface area contributed by atoms with Gasteiger partial charge < -0.3 is 9.88 Å². The molecular formula is C24H22N4O3. The molecular weight excluding hydrogens is 392 g/mol. The fourth-order valence-corrected chi connectivity index (χ4v) is 4.85. The number of Topliss-reactive ketones (excluding diaryl/α,β-unsaturated/α-hetero) is 1. The maximum atomic E-state index is 13.3. The molecule has 156 valence electrons. The van der Waals surface area contributed by atoms with Gasteiger partial charge in [0, 0.05) is 23.1 Å². The van der Waals surface area contributed by atoms with Crippen molar-refractivity contribution in [1.29, 1.82) is 0 Å². The van der Waals surface area contributed by atoms with Crippen molar-refractivity contribution in [2.45, 2.75) is 32.2 Å². The van der Waals surface area contributed by atoms with E-state index in [0.717, 1.165) is 33.8 Å². The number of fused-ring (bicyclic) bond motifs is 2. The number of hydrogen-bond acceptors (Lipinski definition) is 4. The second-order valence-corrected chi connectivity index (χ2v) is 8.12. The normalized spacial score (nSPS) is 19.7. The van der Waals surface area contributed by atoms with Crippen LogP contribution in [0.4, 0.5) is 4.79 Å². The van der Waals surface area contributed by atoms with Crippen LogP contribution in [0.3, 0.4) is 0 Å². The largest absolute Gasteiger partial charge is 0.325 e. The van der Waals surface area contributed by atoms with Crippen LogP contribution in [0, 0.1) is 13.8 Å². The lowest BCUT2D eigenvalue weighted by molar-refractivity contribution is -0.131. The van der Waals surface area contributed by atoms with Crippen LogP contribution in [0.5, 0.6) is 0 Å². The average Bonchev–Trinajstić information content (AvgIpc) is 3.37. The summed E-state index contributed by atoms with van der Waals surface area (Å²) in [7, 11) is 0. The molecule has 1 spiro atoms. The number of nitrogens with zero attached hydrogens (tertiary/aromatic N) is 3. The van der Waals surface area contributed by atoms with Crippen molar-refractivity contribution in [2.75, 3.05) is 6.54 Å². The van der Waals surface area contributed by atoms with Crippen molar-refractivity contribution in [3.8, 4) is 5.82 Å². The number of ketones is 1. The highest BCUT2D eigenvalue weighted by Gasteiger charge is 2.55. The number of imide groups is 1. The van der Waals surface area contributed by atoms with Crippen molar-refractivity contribution in [3.05, 3.63) is 82.8 Å². The zero-order valence-electron chi connectivity index (χ0n) is 17.4. The highest BCUT2D eigenvalue weighted by molar-refractivity contribution is 6.12. The summed E-state index contributed by atoms with van der Waals surface area (Å²) in [6.45, 7) is 3.45. The summed E-state index contributed by atoms with van der Waals surface area (Å²) in [6.07, 6.45) is 2.92.